The van der Waals surface area contributed by atoms with E-state index in [1.54, 1.807) is 0 Å². The summed E-state index contributed by atoms with van der Waals surface area (Å²) in [5.74, 6) is -2.98. The Morgan fingerprint density at radius 2 is 1.92 bits per heavy atom. The van der Waals surface area contributed by atoms with Gasteiger partial charge in [-0.2, -0.15) is 0 Å². The van der Waals surface area contributed by atoms with Crippen LogP contribution < -0.4 is 5.73 Å². The summed E-state index contributed by atoms with van der Waals surface area (Å²) in [6.07, 6.45) is -2.32. The molecule has 0 aromatic carbocycles. The van der Waals surface area contributed by atoms with Crippen molar-refractivity contribution in [3.63, 3.8) is 0 Å². The van der Waals surface area contributed by atoms with Crippen LogP contribution in [-0.2, 0) is 6.54 Å². The second kappa shape index (κ2) is 3.69. The van der Waals surface area contributed by atoms with E-state index in [0.717, 1.165) is 6.20 Å². The van der Waals surface area contributed by atoms with Gasteiger partial charge in [-0.1, -0.05) is 0 Å². The van der Waals surface area contributed by atoms with Crippen LogP contribution in [0.1, 0.15) is 17.7 Å². The van der Waals surface area contributed by atoms with Crippen LogP contribution in [-0.4, -0.2) is 4.98 Å². The first-order chi connectivity index (χ1) is 6.07. The molecule has 0 bridgehead atoms. The van der Waals surface area contributed by atoms with E-state index in [4.69, 9.17) is 5.73 Å². The maximum atomic E-state index is 12.8. The van der Waals surface area contributed by atoms with E-state index in [1.165, 1.54) is 0 Å². The van der Waals surface area contributed by atoms with Gasteiger partial charge in [0, 0.05) is 18.3 Å². The molecule has 0 aliphatic heterocycles. The summed E-state index contributed by atoms with van der Waals surface area (Å²) in [7, 11) is 0. The van der Waals surface area contributed by atoms with Crippen LogP contribution in [0.4, 0.5) is 17.6 Å². The third kappa shape index (κ3) is 1.77. The van der Waals surface area contributed by atoms with Crippen molar-refractivity contribution in [3.8, 4) is 0 Å². The van der Waals surface area contributed by atoms with Gasteiger partial charge in [-0.3, -0.25) is 4.98 Å². The molecule has 0 fully saturated rings. The molecule has 1 heterocycles. The summed E-state index contributed by atoms with van der Waals surface area (Å²) in [5, 5.41) is 0. The van der Waals surface area contributed by atoms with Gasteiger partial charge in [0.2, 0.25) is 0 Å². The van der Waals surface area contributed by atoms with Crippen molar-refractivity contribution in [2.45, 2.75) is 13.0 Å². The summed E-state index contributed by atoms with van der Waals surface area (Å²) in [6, 6.07) is 0. The standard InChI is InChI=1S/C7H6F4N2/c8-4-3(1-12)2-13-6(5(4)9)7(10)11/h2,7H,1,12H2. The van der Waals surface area contributed by atoms with Gasteiger partial charge in [0.1, 0.15) is 5.69 Å². The number of pyridine rings is 1. The maximum absolute atomic E-state index is 12.8. The summed E-state index contributed by atoms with van der Waals surface area (Å²) in [6.45, 7) is -0.279. The molecule has 0 unspecified atom stereocenters. The lowest BCUT2D eigenvalue weighted by Crippen LogP contribution is -2.07. The average molecular weight is 194 g/mol. The van der Waals surface area contributed by atoms with E-state index >= 15 is 0 Å². The highest BCUT2D eigenvalue weighted by atomic mass is 19.3. The summed E-state index contributed by atoms with van der Waals surface area (Å²) in [5.41, 5.74) is 3.61. The zero-order valence-corrected chi connectivity index (χ0v) is 6.40. The molecule has 13 heavy (non-hydrogen) atoms. The van der Waals surface area contributed by atoms with Gasteiger partial charge in [-0.15, -0.1) is 0 Å². The molecule has 2 nitrogen and oxygen atoms in total. The van der Waals surface area contributed by atoms with Gasteiger partial charge in [0.05, 0.1) is 0 Å². The SMILES string of the molecule is NCc1cnc(C(F)F)c(F)c1F. The quantitative estimate of drug-likeness (QED) is 0.728. The lowest BCUT2D eigenvalue weighted by atomic mass is 10.2. The van der Waals surface area contributed by atoms with Gasteiger partial charge in [-0.25, -0.2) is 17.6 Å². The molecule has 0 spiro atoms. The minimum atomic E-state index is -3.12. The van der Waals surface area contributed by atoms with Gasteiger partial charge in [0.25, 0.3) is 6.43 Å². The average Bonchev–Trinajstić information content (AvgIpc) is 2.09. The number of aromatic nitrogens is 1. The minimum Gasteiger partial charge on any atom is -0.326 e. The Hall–Kier alpha value is -1.17. The Balaban J connectivity index is 3.23. The van der Waals surface area contributed by atoms with Crippen LogP contribution in [0.5, 0.6) is 0 Å². The zero-order chi connectivity index (χ0) is 10.0. The molecule has 0 amide bonds. The van der Waals surface area contributed by atoms with Crippen LogP contribution in [0, 0.1) is 11.6 Å². The fraction of sp³-hybridized carbons (Fsp3) is 0.286. The predicted octanol–water partition coefficient (Wildman–Crippen LogP) is 1.76. The molecule has 0 aliphatic carbocycles. The molecule has 6 heteroatoms. The number of nitrogens with zero attached hydrogens (tertiary/aromatic N) is 1. The van der Waals surface area contributed by atoms with Crippen molar-refractivity contribution in [3.05, 3.63) is 29.1 Å². The highest BCUT2D eigenvalue weighted by Crippen LogP contribution is 2.22. The van der Waals surface area contributed by atoms with Crippen LogP contribution in [0.2, 0.25) is 0 Å². The first-order valence-electron chi connectivity index (χ1n) is 3.39. The summed E-state index contributed by atoms with van der Waals surface area (Å²) < 4.78 is 49.4. The Morgan fingerprint density at radius 3 is 2.38 bits per heavy atom. The van der Waals surface area contributed by atoms with Crippen LogP contribution >= 0.6 is 0 Å². The van der Waals surface area contributed by atoms with Crippen LogP contribution in [0.25, 0.3) is 0 Å². The maximum Gasteiger partial charge on any atom is 0.283 e. The second-order valence-electron chi connectivity index (χ2n) is 2.30. The van der Waals surface area contributed by atoms with Gasteiger partial charge < -0.3 is 5.73 Å². The molecule has 0 atom stereocenters. The number of nitrogens with two attached hydrogens (primary N) is 1. The number of halogens is 4. The van der Waals surface area contributed by atoms with Crippen molar-refractivity contribution in [2.24, 2.45) is 5.73 Å². The highest BCUT2D eigenvalue weighted by molar-refractivity contribution is 5.19. The Kier molecular flexibility index (Phi) is 2.82. The Morgan fingerprint density at radius 1 is 1.31 bits per heavy atom. The number of hydrogen-bond donors (Lipinski definition) is 1. The monoisotopic (exact) mass is 194 g/mol. The first-order valence-corrected chi connectivity index (χ1v) is 3.39. The van der Waals surface area contributed by atoms with Crippen molar-refractivity contribution < 1.29 is 17.6 Å². The molecular weight excluding hydrogens is 188 g/mol. The number of rotatable bonds is 2. The van der Waals surface area contributed by atoms with Gasteiger partial charge in [0.15, 0.2) is 11.6 Å². The minimum absolute atomic E-state index is 0.220. The normalized spacial score (nSPS) is 10.9. The van der Waals surface area contributed by atoms with E-state index < -0.39 is 23.8 Å². The third-order valence-corrected chi connectivity index (χ3v) is 1.49. The van der Waals surface area contributed by atoms with E-state index in [9.17, 15) is 17.6 Å². The van der Waals surface area contributed by atoms with E-state index in [1.807, 2.05) is 0 Å². The summed E-state index contributed by atoms with van der Waals surface area (Å²) in [4.78, 5) is 3.06. The molecule has 1 aromatic rings. The molecule has 0 saturated carbocycles. The largest absolute Gasteiger partial charge is 0.326 e. The van der Waals surface area contributed by atoms with Crippen molar-refractivity contribution >= 4 is 0 Å². The fourth-order valence-electron chi connectivity index (χ4n) is 0.809. The third-order valence-electron chi connectivity index (χ3n) is 1.49. The molecule has 1 aromatic heterocycles. The highest BCUT2D eigenvalue weighted by Gasteiger charge is 2.20. The lowest BCUT2D eigenvalue weighted by molar-refractivity contribution is 0.139. The topological polar surface area (TPSA) is 38.9 Å². The summed E-state index contributed by atoms with van der Waals surface area (Å²) >= 11 is 0. The second-order valence-corrected chi connectivity index (χ2v) is 2.30. The van der Waals surface area contributed by atoms with Gasteiger partial charge >= 0.3 is 0 Å². The number of hydrogen-bond acceptors (Lipinski definition) is 2. The molecule has 2 N–H and O–H groups in total. The van der Waals surface area contributed by atoms with Crippen molar-refractivity contribution in [1.82, 2.24) is 4.98 Å². The molecule has 0 radical (unpaired) electrons. The Labute approximate surface area is 71.4 Å². The fourth-order valence-corrected chi connectivity index (χ4v) is 0.809. The van der Waals surface area contributed by atoms with E-state index in [-0.39, 0.29) is 12.1 Å². The smallest absolute Gasteiger partial charge is 0.283 e. The van der Waals surface area contributed by atoms with E-state index in [0.29, 0.717) is 0 Å². The van der Waals surface area contributed by atoms with Gasteiger partial charge in [-0.05, 0) is 0 Å². The molecule has 0 aliphatic rings. The lowest BCUT2D eigenvalue weighted by Gasteiger charge is -2.04. The molecule has 0 saturated heterocycles. The Bertz CT molecular complexity index is 314. The molecule has 72 valence electrons. The van der Waals surface area contributed by atoms with Crippen LogP contribution in [0.15, 0.2) is 6.20 Å². The van der Waals surface area contributed by atoms with Crippen molar-refractivity contribution in [2.75, 3.05) is 0 Å². The molecule has 1 rings (SSSR count). The zero-order valence-electron chi connectivity index (χ0n) is 6.40. The first kappa shape index (κ1) is 9.91. The number of alkyl halides is 2. The predicted molar refractivity (Wildman–Crippen MR) is 37.0 cm³/mol. The van der Waals surface area contributed by atoms with E-state index in [2.05, 4.69) is 4.98 Å². The van der Waals surface area contributed by atoms with Crippen LogP contribution in [0.3, 0.4) is 0 Å². The molecular formula is C7H6F4N2. The van der Waals surface area contributed by atoms with Crippen molar-refractivity contribution in [1.29, 1.82) is 0 Å².